The number of aryl methyl sites for hydroxylation is 1. The van der Waals surface area contributed by atoms with E-state index in [-0.39, 0.29) is 34.3 Å². The van der Waals surface area contributed by atoms with Crippen LogP contribution in [-0.4, -0.2) is 35.7 Å². The molecule has 1 saturated heterocycles. The summed E-state index contributed by atoms with van der Waals surface area (Å²) in [7, 11) is 1.47. The smallest absolute Gasteiger partial charge is 0.301 e. The highest BCUT2D eigenvalue weighted by Crippen LogP contribution is 2.43. The molecule has 3 aromatic rings. The zero-order chi connectivity index (χ0) is 24.4. The Hall–Kier alpha value is -4.04. The number of halogens is 1. The first-order valence-corrected chi connectivity index (χ1v) is 10.7. The van der Waals surface area contributed by atoms with Crippen LogP contribution in [0.25, 0.3) is 5.76 Å². The van der Waals surface area contributed by atoms with Crippen LogP contribution in [0.4, 0.5) is 5.82 Å². The summed E-state index contributed by atoms with van der Waals surface area (Å²) in [5.41, 5.74) is 0.666. The highest BCUT2D eigenvalue weighted by molar-refractivity contribution is 6.51. The van der Waals surface area contributed by atoms with Crippen LogP contribution in [-0.2, 0) is 9.59 Å². The lowest BCUT2D eigenvalue weighted by atomic mass is 9.95. The third kappa shape index (κ3) is 4.15. The van der Waals surface area contributed by atoms with Gasteiger partial charge in [-0.1, -0.05) is 41.5 Å². The first-order chi connectivity index (χ1) is 16.3. The monoisotopic (exact) mass is 480 g/mol. The minimum atomic E-state index is -0.988. The van der Waals surface area contributed by atoms with Crippen molar-refractivity contribution in [1.29, 1.82) is 0 Å². The maximum atomic E-state index is 13.2. The van der Waals surface area contributed by atoms with Crippen molar-refractivity contribution < 1.29 is 28.7 Å². The lowest BCUT2D eigenvalue weighted by molar-refractivity contribution is -0.132. The van der Waals surface area contributed by atoms with Gasteiger partial charge < -0.3 is 19.1 Å². The Morgan fingerprint density at radius 1 is 1.26 bits per heavy atom. The number of Topliss-reactive ketones (excluding diaryl/α,β-unsaturated/α-hetero) is 1. The van der Waals surface area contributed by atoms with E-state index in [4.69, 9.17) is 25.6 Å². The van der Waals surface area contributed by atoms with Crippen molar-refractivity contribution >= 4 is 34.9 Å². The van der Waals surface area contributed by atoms with Gasteiger partial charge in [-0.2, -0.15) is 0 Å². The highest BCUT2D eigenvalue weighted by Gasteiger charge is 2.48. The average Bonchev–Trinajstić information content (AvgIpc) is 3.37. The van der Waals surface area contributed by atoms with Crippen LogP contribution in [0.5, 0.6) is 11.5 Å². The lowest BCUT2D eigenvalue weighted by Gasteiger charge is -2.23. The molecule has 1 aliphatic heterocycles. The molecule has 8 nitrogen and oxygen atoms in total. The Morgan fingerprint density at radius 2 is 2.06 bits per heavy atom. The Balaban J connectivity index is 1.91. The number of carbonyl (C=O) groups excluding carboxylic acids is 2. The number of ketones is 1. The highest BCUT2D eigenvalue weighted by atomic mass is 35.5. The number of rotatable bonds is 7. The summed E-state index contributed by atoms with van der Waals surface area (Å²) in [5.74, 6) is -0.584. The minimum Gasteiger partial charge on any atom is -0.507 e. The standard InChI is InChI=1S/C25H21ClN2O6/c1-4-10-33-17-7-5-6-15(12-17)22-21(23(29)16-8-9-19(32-3)18(26)13-16)24(30)25(31)28(22)20-11-14(2)34-27-20/h4-9,11-13,22,29H,1,10H2,2-3H3/t22-/m1/s1. The second-order valence-corrected chi connectivity index (χ2v) is 7.89. The molecule has 1 atom stereocenters. The van der Waals surface area contributed by atoms with Crippen molar-refractivity contribution in [2.45, 2.75) is 13.0 Å². The maximum Gasteiger partial charge on any atom is 0.301 e. The zero-order valence-electron chi connectivity index (χ0n) is 18.4. The Labute approximate surface area is 200 Å². The van der Waals surface area contributed by atoms with Gasteiger partial charge in [0, 0.05) is 11.6 Å². The molecule has 0 bridgehead atoms. The topological polar surface area (TPSA) is 102 Å². The number of ether oxygens (including phenoxy) is 2. The van der Waals surface area contributed by atoms with Crippen LogP contribution in [0, 0.1) is 6.92 Å². The van der Waals surface area contributed by atoms with E-state index in [0.717, 1.165) is 0 Å². The number of carbonyl (C=O) groups is 2. The molecule has 1 amide bonds. The van der Waals surface area contributed by atoms with Crippen LogP contribution in [0.15, 0.2) is 71.3 Å². The van der Waals surface area contributed by atoms with E-state index in [1.54, 1.807) is 55.5 Å². The number of nitrogens with zero attached hydrogens (tertiary/aromatic N) is 2. The van der Waals surface area contributed by atoms with Gasteiger partial charge in [0.15, 0.2) is 5.82 Å². The van der Waals surface area contributed by atoms with E-state index >= 15 is 0 Å². The average molecular weight is 481 g/mol. The molecular weight excluding hydrogens is 460 g/mol. The van der Waals surface area contributed by atoms with E-state index in [2.05, 4.69) is 11.7 Å². The number of aliphatic hydroxyl groups is 1. The third-order valence-corrected chi connectivity index (χ3v) is 5.57. The van der Waals surface area contributed by atoms with Gasteiger partial charge in [-0.05, 0) is 42.8 Å². The van der Waals surface area contributed by atoms with Gasteiger partial charge in [0.05, 0.1) is 23.7 Å². The van der Waals surface area contributed by atoms with Crippen molar-refractivity contribution in [2.75, 3.05) is 18.6 Å². The van der Waals surface area contributed by atoms with Crippen LogP contribution in [0.3, 0.4) is 0 Å². The molecule has 1 aromatic heterocycles. The Kier molecular flexibility index (Phi) is 6.43. The van der Waals surface area contributed by atoms with Crippen molar-refractivity contribution in [3.8, 4) is 11.5 Å². The van der Waals surface area contributed by atoms with Crippen molar-refractivity contribution in [3.05, 3.63) is 88.7 Å². The van der Waals surface area contributed by atoms with Gasteiger partial charge in [0.25, 0.3) is 5.78 Å². The van der Waals surface area contributed by atoms with Gasteiger partial charge >= 0.3 is 5.91 Å². The van der Waals surface area contributed by atoms with Crippen LogP contribution in [0.1, 0.15) is 22.9 Å². The molecule has 0 aliphatic carbocycles. The molecule has 2 heterocycles. The van der Waals surface area contributed by atoms with Crippen LogP contribution < -0.4 is 14.4 Å². The summed E-state index contributed by atoms with van der Waals surface area (Å²) in [5, 5.41) is 15.4. The third-order valence-electron chi connectivity index (χ3n) is 5.27. The second-order valence-electron chi connectivity index (χ2n) is 7.49. The number of anilines is 1. The maximum absolute atomic E-state index is 13.2. The van der Waals surface area contributed by atoms with Gasteiger partial charge in [0.1, 0.15) is 29.6 Å². The quantitative estimate of drug-likeness (QED) is 0.223. The first-order valence-electron chi connectivity index (χ1n) is 10.3. The number of aliphatic hydroxyl groups excluding tert-OH is 1. The summed E-state index contributed by atoms with van der Waals surface area (Å²) in [6.07, 6.45) is 1.60. The van der Waals surface area contributed by atoms with Crippen molar-refractivity contribution in [3.63, 3.8) is 0 Å². The number of hydrogen-bond acceptors (Lipinski definition) is 7. The Morgan fingerprint density at radius 3 is 2.71 bits per heavy atom. The first kappa shape index (κ1) is 23.1. The summed E-state index contributed by atoms with van der Waals surface area (Å²) < 4.78 is 15.9. The Bertz CT molecular complexity index is 1310. The predicted octanol–water partition coefficient (Wildman–Crippen LogP) is 4.84. The molecule has 2 aromatic carbocycles. The molecule has 0 saturated carbocycles. The van der Waals surface area contributed by atoms with Gasteiger partial charge in [-0.15, -0.1) is 0 Å². The fourth-order valence-electron chi connectivity index (χ4n) is 3.75. The molecule has 0 unspecified atom stereocenters. The minimum absolute atomic E-state index is 0.118. The van der Waals surface area contributed by atoms with E-state index < -0.39 is 17.7 Å². The summed E-state index contributed by atoms with van der Waals surface area (Å²) in [6, 6.07) is 12.0. The van der Waals surface area contributed by atoms with Gasteiger partial charge in [-0.25, -0.2) is 0 Å². The summed E-state index contributed by atoms with van der Waals surface area (Å²) in [6.45, 7) is 5.58. The van der Waals surface area contributed by atoms with E-state index in [0.29, 0.717) is 22.8 Å². The van der Waals surface area contributed by atoms with Crippen molar-refractivity contribution in [1.82, 2.24) is 5.16 Å². The molecule has 34 heavy (non-hydrogen) atoms. The summed E-state index contributed by atoms with van der Waals surface area (Å²) >= 11 is 6.23. The molecule has 1 N–H and O–H groups in total. The molecule has 4 rings (SSSR count). The number of benzene rings is 2. The van der Waals surface area contributed by atoms with E-state index in [1.165, 1.54) is 18.1 Å². The molecule has 174 valence electrons. The van der Waals surface area contributed by atoms with E-state index in [9.17, 15) is 14.7 Å². The fourth-order valence-corrected chi connectivity index (χ4v) is 4.01. The number of aromatic nitrogens is 1. The second kappa shape index (κ2) is 9.44. The van der Waals surface area contributed by atoms with Crippen LogP contribution >= 0.6 is 11.6 Å². The molecule has 9 heteroatoms. The fraction of sp³-hybridized carbons (Fsp3) is 0.160. The number of amides is 1. The predicted molar refractivity (Wildman–Crippen MR) is 126 cm³/mol. The molecule has 1 fully saturated rings. The van der Waals surface area contributed by atoms with E-state index in [1.807, 2.05) is 0 Å². The number of hydrogen-bond donors (Lipinski definition) is 1. The van der Waals surface area contributed by atoms with Crippen LogP contribution in [0.2, 0.25) is 5.02 Å². The normalized spacial score (nSPS) is 17.1. The number of methoxy groups -OCH3 is 1. The zero-order valence-corrected chi connectivity index (χ0v) is 19.2. The summed E-state index contributed by atoms with van der Waals surface area (Å²) in [4.78, 5) is 27.5. The molecule has 1 aliphatic rings. The lowest BCUT2D eigenvalue weighted by Crippen LogP contribution is -2.29. The largest absolute Gasteiger partial charge is 0.507 e. The molecule has 0 spiro atoms. The SMILES string of the molecule is C=CCOc1cccc([C@@H]2C(=C(O)c3ccc(OC)c(Cl)c3)C(=O)C(=O)N2c2cc(C)on2)c1. The van der Waals surface area contributed by atoms with Crippen molar-refractivity contribution in [2.24, 2.45) is 0 Å². The van der Waals surface area contributed by atoms with Gasteiger partial charge in [0.2, 0.25) is 0 Å². The van der Waals surface area contributed by atoms with Gasteiger partial charge in [-0.3, -0.25) is 14.5 Å². The molecule has 0 radical (unpaired) electrons. The molecular formula is C25H21ClN2O6.